The Kier molecular flexibility index (Phi) is 7.82. The molecular weight excluding hydrogens is 240 g/mol. The van der Waals surface area contributed by atoms with Crippen LogP contribution >= 0.6 is 0 Å². The monoisotopic (exact) mass is 270 g/mol. The fraction of sp³-hybridized carbons (Fsp3) is 0.929. The summed E-state index contributed by atoms with van der Waals surface area (Å²) >= 11 is 0. The number of hydrogen-bond donors (Lipinski definition) is 2. The zero-order valence-corrected chi connectivity index (χ0v) is 12.9. The van der Waals surface area contributed by atoms with Gasteiger partial charge < -0.3 is 20.3 Å². The molecule has 1 heterocycles. The molecule has 0 amide bonds. The first-order valence-electron chi connectivity index (χ1n) is 7.38. The van der Waals surface area contributed by atoms with Gasteiger partial charge in [0.25, 0.3) is 0 Å². The van der Waals surface area contributed by atoms with Crippen molar-refractivity contribution in [2.24, 2.45) is 10.9 Å². The van der Waals surface area contributed by atoms with E-state index in [1.54, 1.807) is 7.11 Å². The molecule has 0 aromatic carbocycles. The molecule has 1 fully saturated rings. The van der Waals surface area contributed by atoms with Gasteiger partial charge >= 0.3 is 0 Å². The predicted molar refractivity (Wildman–Crippen MR) is 80.7 cm³/mol. The number of hydrogen-bond acceptors (Lipinski definition) is 3. The highest BCUT2D eigenvalue weighted by atomic mass is 16.5. The molecule has 19 heavy (non-hydrogen) atoms. The standard InChI is InChI=1S/C14H30N4O/c1-5-15-14(17-12(2)11-19-4)16-9-13-7-6-8-18(3)10-13/h12-13H,5-11H2,1-4H3,(H2,15,16,17). The molecule has 1 aliphatic heterocycles. The van der Waals surface area contributed by atoms with Gasteiger partial charge in [-0.05, 0) is 46.2 Å². The van der Waals surface area contributed by atoms with Crippen LogP contribution in [-0.2, 0) is 4.74 Å². The minimum atomic E-state index is 0.275. The third-order valence-electron chi connectivity index (χ3n) is 3.37. The van der Waals surface area contributed by atoms with Gasteiger partial charge in [-0.2, -0.15) is 0 Å². The fourth-order valence-electron chi connectivity index (χ4n) is 2.49. The van der Waals surface area contributed by atoms with E-state index in [9.17, 15) is 0 Å². The van der Waals surface area contributed by atoms with Gasteiger partial charge in [-0.1, -0.05) is 0 Å². The molecule has 0 bridgehead atoms. The Balaban J connectivity index is 2.42. The highest BCUT2D eigenvalue weighted by Gasteiger charge is 2.16. The SMILES string of the molecule is CCNC(=NCC1CCCN(C)C1)NC(C)COC. The van der Waals surface area contributed by atoms with E-state index < -0.39 is 0 Å². The number of guanidine groups is 1. The number of nitrogens with one attached hydrogen (secondary N) is 2. The molecule has 0 radical (unpaired) electrons. The van der Waals surface area contributed by atoms with Crippen molar-refractivity contribution in [2.45, 2.75) is 32.7 Å². The molecule has 1 rings (SSSR count). The molecule has 0 aromatic heterocycles. The number of ether oxygens (including phenoxy) is 1. The largest absolute Gasteiger partial charge is 0.383 e. The number of methoxy groups -OCH3 is 1. The van der Waals surface area contributed by atoms with Gasteiger partial charge in [0.1, 0.15) is 0 Å². The molecule has 1 saturated heterocycles. The highest BCUT2D eigenvalue weighted by molar-refractivity contribution is 5.80. The molecule has 2 unspecified atom stereocenters. The summed E-state index contributed by atoms with van der Waals surface area (Å²) in [5.74, 6) is 1.59. The molecular formula is C14H30N4O. The van der Waals surface area contributed by atoms with Crippen molar-refractivity contribution in [1.29, 1.82) is 0 Å². The zero-order valence-electron chi connectivity index (χ0n) is 12.9. The van der Waals surface area contributed by atoms with Crippen molar-refractivity contribution in [3.05, 3.63) is 0 Å². The van der Waals surface area contributed by atoms with E-state index in [-0.39, 0.29) is 6.04 Å². The van der Waals surface area contributed by atoms with Gasteiger partial charge in [-0.25, -0.2) is 0 Å². The number of likely N-dealkylation sites (tertiary alicyclic amines) is 1. The van der Waals surface area contributed by atoms with Gasteiger partial charge in [0.15, 0.2) is 5.96 Å². The number of aliphatic imine (C=N–C) groups is 1. The van der Waals surface area contributed by atoms with E-state index in [1.165, 1.54) is 19.4 Å². The molecule has 2 N–H and O–H groups in total. The molecule has 1 aliphatic rings. The van der Waals surface area contributed by atoms with Gasteiger partial charge in [0.2, 0.25) is 0 Å². The lowest BCUT2D eigenvalue weighted by Gasteiger charge is -2.28. The molecule has 2 atom stereocenters. The van der Waals surface area contributed by atoms with Crippen molar-refractivity contribution < 1.29 is 4.74 Å². The second kappa shape index (κ2) is 9.15. The lowest BCUT2D eigenvalue weighted by atomic mass is 9.99. The molecule has 0 saturated carbocycles. The summed E-state index contributed by atoms with van der Waals surface area (Å²) in [4.78, 5) is 7.11. The quantitative estimate of drug-likeness (QED) is 0.556. The molecule has 0 spiro atoms. The Bertz CT molecular complexity index is 270. The van der Waals surface area contributed by atoms with Crippen LogP contribution in [0.15, 0.2) is 4.99 Å². The zero-order chi connectivity index (χ0) is 14.1. The van der Waals surface area contributed by atoms with Crippen LogP contribution in [0.4, 0.5) is 0 Å². The Hall–Kier alpha value is -0.810. The Morgan fingerprint density at radius 3 is 2.95 bits per heavy atom. The average Bonchev–Trinajstić information content (AvgIpc) is 2.36. The van der Waals surface area contributed by atoms with Crippen LogP contribution in [0.3, 0.4) is 0 Å². The molecule has 112 valence electrons. The fourth-order valence-corrected chi connectivity index (χ4v) is 2.49. The van der Waals surface area contributed by atoms with Crippen molar-refractivity contribution in [1.82, 2.24) is 15.5 Å². The summed E-state index contributed by atoms with van der Waals surface area (Å²) in [6.45, 7) is 9.06. The van der Waals surface area contributed by atoms with Crippen LogP contribution in [0.25, 0.3) is 0 Å². The maximum Gasteiger partial charge on any atom is 0.191 e. The van der Waals surface area contributed by atoms with Gasteiger partial charge in [0, 0.05) is 32.8 Å². The minimum absolute atomic E-state index is 0.275. The third kappa shape index (κ3) is 6.78. The summed E-state index contributed by atoms with van der Waals surface area (Å²) in [7, 11) is 3.92. The first-order valence-corrected chi connectivity index (χ1v) is 7.38. The summed E-state index contributed by atoms with van der Waals surface area (Å²) in [5.41, 5.74) is 0. The van der Waals surface area contributed by atoms with Crippen molar-refractivity contribution in [3.8, 4) is 0 Å². The van der Waals surface area contributed by atoms with Crippen LogP contribution < -0.4 is 10.6 Å². The Labute approximate surface area is 117 Å². The van der Waals surface area contributed by atoms with E-state index in [4.69, 9.17) is 9.73 Å². The van der Waals surface area contributed by atoms with Crippen LogP contribution in [0, 0.1) is 5.92 Å². The van der Waals surface area contributed by atoms with E-state index in [0.717, 1.165) is 25.6 Å². The first kappa shape index (κ1) is 16.2. The maximum absolute atomic E-state index is 5.14. The van der Waals surface area contributed by atoms with E-state index in [0.29, 0.717) is 12.5 Å². The summed E-state index contributed by atoms with van der Waals surface area (Å²) < 4.78 is 5.14. The van der Waals surface area contributed by atoms with E-state index in [1.807, 2.05) is 0 Å². The van der Waals surface area contributed by atoms with Gasteiger partial charge in [-0.15, -0.1) is 0 Å². The molecule has 0 aromatic rings. The molecule has 5 heteroatoms. The predicted octanol–water partition coefficient (Wildman–Crippen LogP) is 0.918. The normalized spacial score (nSPS) is 23.2. The molecule has 0 aliphatic carbocycles. The van der Waals surface area contributed by atoms with Gasteiger partial charge in [-0.3, -0.25) is 4.99 Å². The summed E-state index contributed by atoms with van der Waals surface area (Å²) in [6.07, 6.45) is 2.58. The van der Waals surface area contributed by atoms with Crippen LogP contribution in [0.2, 0.25) is 0 Å². The average molecular weight is 270 g/mol. The number of nitrogens with zero attached hydrogens (tertiary/aromatic N) is 2. The van der Waals surface area contributed by atoms with E-state index in [2.05, 4.69) is 36.4 Å². The van der Waals surface area contributed by atoms with Crippen LogP contribution in [-0.4, -0.2) is 63.8 Å². The first-order chi connectivity index (χ1) is 9.15. The van der Waals surface area contributed by atoms with Crippen molar-refractivity contribution in [3.63, 3.8) is 0 Å². The van der Waals surface area contributed by atoms with Crippen molar-refractivity contribution in [2.75, 3.05) is 46.9 Å². The maximum atomic E-state index is 5.14. The summed E-state index contributed by atoms with van der Waals surface area (Å²) in [5, 5.41) is 6.66. The summed E-state index contributed by atoms with van der Waals surface area (Å²) in [6, 6.07) is 0.275. The highest BCUT2D eigenvalue weighted by Crippen LogP contribution is 2.14. The number of rotatable bonds is 6. The smallest absolute Gasteiger partial charge is 0.191 e. The van der Waals surface area contributed by atoms with Gasteiger partial charge in [0.05, 0.1) is 6.61 Å². The minimum Gasteiger partial charge on any atom is -0.383 e. The second-order valence-corrected chi connectivity index (χ2v) is 5.49. The van der Waals surface area contributed by atoms with Crippen LogP contribution in [0.1, 0.15) is 26.7 Å². The second-order valence-electron chi connectivity index (χ2n) is 5.49. The van der Waals surface area contributed by atoms with E-state index >= 15 is 0 Å². The topological polar surface area (TPSA) is 48.9 Å². The lowest BCUT2D eigenvalue weighted by molar-refractivity contribution is 0.179. The Morgan fingerprint density at radius 1 is 1.53 bits per heavy atom. The number of piperidine rings is 1. The lowest BCUT2D eigenvalue weighted by Crippen LogP contribution is -2.44. The van der Waals surface area contributed by atoms with Crippen molar-refractivity contribution >= 4 is 5.96 Å². The molecule has 5 nitrogen and oxygen atoms in total. The third-order valence-corrected chi connectivity index (χ3v) is 3.37. The Morgan fingerprint density at radius 2 is 2.32 bits per heavy atom. The van der Waals surface area contributed by atoms with Crippen LogP contribution in [0.5, 0.6) is 0 Å².